The molecule has 2 N–H and O–H groups in total. The summed E-state index contributed by atoms with van der Waals surface area (Å²) in [7, 11) is -3.86. The standard InChI is InChI=1S/C13H15F2NO3S/c14-12-2-1-3-13(15)11(12)8-20(18,19)16-10-5-4-9(6-10)7-17/h1-5,9-10,16-17H,6-8H2/t9-,10+/m0/s1. The molecule has 0 amide bonds. The maximum atomic E-state index is 13.4. The highest BCUT2D eigenvalue weighted by molar-refractivity contribution is 7.88. The molecular formula is C13H15F2NO3S. The summed E-state index contributed by atoms with van der Waals surface area (Å²) >= 11 is 0. The monoisotopic (exact) mass is 303 g/mol. The average molecular weight is 303 g/mol. The Morgan fingerprint density at radius 1 is 1.25 bits per heavy atom. The summed E-state index contributed by atoms with van der Waals surface area (Å²) in [6, 6.07) is 2.77. The van der Waals surface area contributed by atoms with Gasteiger partial charge in [-0.05, 0) is 18.6 Å². The molecule has 0 spiro atoms. The lowest BCUT2D eigenvalue weighted by Gasteiger charge is -2.13. The number of rotatable bonds is 5. The highest BCUT2D eigenvalue weighted by Crippen LogP contribution is 2.19. The second-order valence-electron chi connectivity index (χ2n) is 4.75. The first kappa shape index (κ1) is 15.1. The van der Waals surface area contributed by atoms with E-state index in [9.17, 15) is 17.2 Å². The fourth-order valence-electron chi connectivity index (χ4n) is 2.13. The van der Waals surface area contributed by atoms with Crippen molar-refractivity contribution >= 4 is 10.0 Å². The molecular weight excluding hydrogens is 288 g/mol. The number of aliphatic hydroxyl groups excluding tert-OH is 1. The van der Waals surface area contributed by atoms with Gasteiger partial charge in [-0.3, -0.25) is 0 Å². The minimum absolute atomic E-state index is 0.0589. The molecule has 0 radical (unpaired) electrons. The summed E-state index contributed by atoms with van der Waals surface area (Å²) < 4.78 is 53.1. The van der Waals surface area contributed by atoms with Gasteiger partial charge in [0.25, 0.3) is 0 Å². The number of aliphatic hydroxyl groups is 1. The molecule has 110 valence electrons. The van der Waals surface area contributed by atoms with E-state index in [0.29, 0.717) is 6.42 Å². The molecule has 0 aliphatic heterocycles. The first-order valence-electron chi connectivity index (χ1n) is 6.13. The van der Waals surface area contributed by atoms with Gasteiger partial charge >= 0.3 is 0 Å². The number of sulfonamides is 1. The van der Waals surface area contributed by atoms with Crippen LogP contribution in [-0.4, -0.2) is 26.2 Å². The third kappa shape index (κ3) is 3.62. The minimum Gasteiger partial charge on any atom is -0.396 e. The summed E-state index contributed by atoms with van der Waals surface area (Å²) in [5, 5.41) is 8.96. The first-order chi connectivity index (χ1) is 9.41. The van der Waals surface area contributed by atoms with Crippen LogP contribution in [-0.2, 0) is 15.8 Å². The van der Waals surface area contributed by atoms with E-state index >= 15 is 0 Å². The van der Waals surface area contributed by atoms with Crippen LogP contribution >= 0.6 is 0 Å². The zero-order valence-electron chi connectivity index (χ0n) is 10.6. The second-order valence-corrected chi connectivity index (χ2v) is 6.50. The van der Waals surface area contributed by atoms with Gasteiger partial charge in [0.1, 0.15) is 11.6 Å². The predicted octanol–water partition coefficient (Wildman–Crippen LogP) is 1.32. The normalized spacial score (nSPS) is 22.4. The van der Waals surface area contributed by atoms with Crippen molar-refractivity contribution in [1.29, 1.82) is 0 Å². The van der Waals surface area contributed by atoms with Crippen molar-refractivity contribution in [3.8, 4) is 0 Å². The van der Waals surface area contributed by atoms with E-state index in [1.165, 1.54) is 6.07 Å². The molecule has 1 aromatic rings. The molecule has 0 unspecified atom stereocenters. The van der Waals surface area contributed by atoms with Crippen LogP contribution in [0.3, 0.4) is 0 Å². The molecule has 0 aromatic heterocycles. The highest BCUT2D eigenvalue weighted by atomic mass is 32.2. The summed E-state index contributed by atoms with van der Waals surface area (Å²) in [6.45, 7) is -0.0589. The van der Waals surface area contributed by atoms with Crippen molar-refractivity contribution in [2.24, 2.45) is 5.92 Å². The third-order valence-corrected chi connectivity index (χ3v) is 4.46. The van der Waals surface area contributed by atoms with Gasteiger partial charge in [-0.25, -0.2) is 21.9 Å². The zero-order valence-corrected chi connectivity index (χ0v) is 11.4. The van der Waals surface area contributed by atoms with Crippen LogP contribution in [0.25, 0.3) is 0 Å². The molecule has 1 aliphatic carbocycles. The summed E-state index contributed by atoms with van der Waals surface area (Å²) in [5.41, 5.74) is -0.472. The van der Waals surface area contributed by atoms with Crippen molar-refractivity contribution in [3.63, 3.8) is 0 Å². The molecule has 0 saturated heterocycles. The molecule has 0 fully saturated rings. The fraction of sp³-hybridized carbons (Fsp3) is 0.385. The summed E-state index contributed by atoms with van der Waals surface area (Å²) in [4.78, 5) is 0. The Balaban J connectivity index is 2.07. The van der Waals surface area contributed by atoms with Crippen LogP contribution in [0, 0.1) is 17.6 Å². The van der Waals surface area contributed by atoms with E-state index in [1.807, 2.05) is 0 Å². The van der Waals surface area contributed by atoms with Crippen LogP contribution in [0.15, 0.2) is 30.4 Å². The van der Waals surface area contributed by atoms with Gasteiger partial charge in [0.15, 0.2) is 0 Å². The fourth-order valence-corrected chi connectivity index (χ4v) is 3.51. The number of hydrogen-bond donors (Lipinski definition) is 2. The average Bonchev–Trinajstić information content (AvgIpc) is 2.81. The Morgan fingerprint density at radius 2 is 1.90 bits per heavy atom. The first-order valence-corrected chi connectivity index (χ1v) is 7.78. The van der Waals surface area contributed by atoms with Crippen molar-refractivity contribution < 1.29 is 22.3 Å². The Morgan fingerprint density at radius 3 is 2.45 bits per heavy atom. The van der Waals surface area contributed by atoms with E-state index in [2.05, 4.69) is 4.72 Å². The van der Waals surface area contributed by atoms with Crippen LogP contribution < -0.4 is 4.72 Å². The smallest absolute Gasteiger partial charge is 0.216 e. The molecule has 1 aromatic carbocycles. The van der Waals surface area contributed by atoms with E-state index in [4.69, 9.17) is 5.11 Å². The Hall–Kier alpha value is -1.31. The molecule has 0 heterocycles. The summed E-state index contributed by atoms with van der Waals surface area (Å²) in [6.07, 6.45) is 3.79. The van der Waals surface area contributed by atoms with E-state index < -0.39 is 39.0 Å². The van der Waals surface area contributed by atoms with Crippen LogP contribution in [0.4, 0.5) is 8.78 Å². The van der Waals surface area contributed by atoms with Gasteiger partial charge < -0.3 is 5.11 Å². The molecule has 20 heavy (non-hydrogen) atoms. The molecule has 7 heteroatoms. The van der Waals surface area contributed by atoms with Crippen LogP contribution in [0.1, 0.15) is 12.0 Å². The predicted molar refractivity (Wildman–Crippen MR) is 70.2 cm³/mol. The highest BCUT2D eigenvalue weighted by Gasteiger charge is 2.24. The number of nitrogens with one attached hydrogen (secondary N) is 1. The molecule has 1 aliphatic rings. The molecule has 4 nitrogen and oxygen atoms in total. The van der Waals surface area contributed by atoms with E-state index in [0.717, 1.165) is 12.1 Å². The Kier molecular flexibility index (Phi) is 4.52. The molecule has 2 rings (SSSR count). The van der Waals surface area contributed by atoms with Crippen molar-refractivity contribution in [2.45, 2.75) is 18.2 Å². The molecule has 0 bridgehead atoms. The molecule has 2 atom stereocenters. The van der Waals surface area contributed by atoms with Gasteiger partial charge in [0, 0.05) is 24.1 Å². The second kappa shape index (κ2) is 5.99. The van der Waals surface area contributed by atoms with Crippen molar-refractivity contribution in [3.05, 3.63) is 47.5 Å². The van der Waals surface area contributed by atoms with Gasteiger partial charge in [-0.15, -0.1) is 0 Å². The van der Waals surface area contributed by atoms with Gasteiger partial charge in [0.05, 0.1) is 5.75 Å². The van der Waals surface area contributed by atoms with Crippen molar-refractivity contribution in [1.82, 2.24) is 4.72 Å². The van der Waals surface area contributed by atoms with Crippen molar-refractivity contribution in [2.75, 3.05) is 6.61 Å². The Bertz CT molecular complexity index is 596. The maximum absolute atomic E-state index is 13.4. The largest absolute Gasteiger partial charge is 0.396 e. The minimum atomic E-state index is -3.86. The lowest BCUT2D eigenvalue weighted by atomic mass is 10.1. The lowest BCUT2D eigenvalue weighted by Crippen LogP contribution is -2.34. The summed E-state index contributed by atoms with van der Waals surface area (Å²) in [5.74, 6) is -2.61. The number of benzene rings is 1. The van der Waals surface area contributed by atoms with Gasteiger partial charge in [0.2, 0.25) is 10.0 Å². The number of hydrogen-bond acceptors (Lipinski definition) is 3. The molecule has 0 saturated carbocycles. The third-order valence-electron chi connectivity index (χ3n) is 3.13. The van der Waals surface area contributed by atoms with Gasteiger partial charge in [-0.1, -0.05) is 18.2 Å². The quantitative estimate of drug-likeness (QED) is 0.806. The van der Waals surface area contributed by atoms with Gasteiger partial charge in [-0.2, -0.15) is 0 Å². The van der Waals surface area contributed by atoms with Crippen LogP contribution in [0.2, 0.25) is 0 Å². The zero-order chi connectivity index (χ0) is 14.8. The van der Waals surface area contributed by atoms with Crippen LogP contribution in [0.5, 0.6) is 0 Å². The lowest BCUT2D eigenvalue weighted by molar-refractivity contribution is 0.248. The van der Waals surface area contributed by atoms with E-state index in [1.54, 1.807) is 12.2 Å². The topological polar surface area (TPSA) is 66.4 Å². The van der Waals surface area contributed by atoms with E-state index in [-0.39, 0.29) is 12.5 Å². The maximum Gasteiger partial charge on any atom is 0.216 e. The Labute approximate surface area is 116 Å². The number of halogens is 2. The SMILES string of the molecule is O=S(=O)(Cc1c(F)cccc1F)N[C@@H]1C=C[C@H](CO)C1.